The molecule has 1 aromatic carbocycles. The fourth-order valence-electron chi connectivity index (χ4n) is 1.48. The molecule has 1 unspecified atom stereocenters. The van der Waals surface area contributed by atoms with Gasteiger partial charge in [0, 0.05) is 29.6 Å². The van der Waals surface area contributed by atoms with Gasteiger partial charge in [-0.3, -0.25) is 0 Å². The van der Waals surface area contributed by atoms with Crippen LogP contribution >= 0.6 is 11.5 Å². The summed E-state index contributed by atoms with van der Waals surface area (Å²) in [5, 5.41) is 8.79. The van der Waals surface area contributed by atoms with Gasteiger partial charge >= 0.3 is 0 Å². The van der Waals surface area contributed by atoms with E-state index in [9.17, 15) is 8.78 Å². The maximum Gasteiger partial charge on any atom is 0.130 e. The Morgan fingerprint density at radius 1 is 1.41 bits per heavy atom. The zero-order chi connectivity index (χ0) is 12.3. The lowest BCUT2D eigenvalue weighted by Crippen LogP contribution is -2.19. The number of nitrogens with zero attached hydrogens (tertiary/aromatic N) is 2. The molecule has 1 aromatic heterocycles. The van der Waals surface area contributed by atoms with Crippen LogP contribution in [0.25, 0.3) is 0 Å². The molecule has 1 N–H and O–H groups in total. The SMILES string of the molecule is CC(NCc1csnn1)c1ccc(F)cc1F. The standard InChI is InChI=1S/C11H11F2N3S/c1-7(14-5-9-6-17-16-15-9)10-3-2-8(12)4-11(10)13/h2-4,6-7,14H,5H2,1H3. The van der Waals surface area contributed by atoms with Gasteiger partial charge in [-0.1, -0.05) is 10.6 Å². The Balaban J connectivity index is 2.01. The maximum atomic E-state index is 13.5. The molecular formula is C11H11F2N3S. The number of rotatable bonds is 4. The van der Waals surface area contributed by atoms with Gasteiger partial charge in [0.05, 0.1) is 5.69 Å². The van der Waals surface area contributed by atoms with Crippen molar-refractivity contribution in [3.05, 3.63) is 46.5 Å². The van der Waals surface area contributed by atoms with Gasteiger partial charge in [0.25, 0.3) is 0 Å². The van der Waals surface area contributed by atoms with Crippen LogP contribution in [0.1, 0.15) is 24.2 Å². The summed E-state index contributed by atoms with van der Waals surface area (Å²) in [6, 6.07) is 3.37. The zero-order valence-electron chi connectivity index (χ0n) is 9.15. The Morgan fingerprint density at radius 3 is 2.88 bits per heavy atom. The van der Waals surface area contributed by atoms with E-state index >= 15 is 0 Å². The largest absolute Gasteiger partial charge is 0.304 e. The molecule has 3 nitrogen and oxygen atoms in total. The minimum Gasteiger partial charge on any atom is -0.304 e. The van der Waals surface area contributed by atoms with E-state index in [1.54, 1.807) is 0 Å². The summed E-state index contributed by atoms with van der Waals surface area (Å²) in [7, 11) is 0. The first-order valence-corrected chi connectivity index (χ1v) is 5.94. The van der Waals surface area contributed by atoms with Crippen LogP contribution in [0.3, 0.4) is 0 Å². The van der Waals surface area contributed by atoms with Crippen molar-refractivity contribution in [2.24, 2.45) is 0 Å². The van der Waals surface area contributed by atoms with E-state index in [2.05, 4.69) is 14.9 Å². The summed E-state index contributed by atoms with van der Waals surface area (Å²) < 4.78 is 29.9. The highest BCUT2D eigenvalue weighted by atomic mass is 32.1. The Bertz CT molecular complexity index is 487. The van der Waals surface area contributed by atoms with Crippen LogP contribution in [0.4, 0.5) is 8.78 Å². The lowest BCUT2D eigenvalue weighted by atomic mass is 10.1. The lowest BCUT2D eigenvalue weighted by molar-refractivity contribution is 0.514. The van der Waals surface area contributed by atoms with Crippen molar-refractivity contribution in [3.63, 3.8) is 0 Å². The summed E-state index contributed by atoms with van der Waals surface area (Å²) in [6.07, 6.45) is 0. The highest BCUT2D eigenvalue weighted by Gasteiger charge is 2.11. The van der Waals surface area contributed by atoms with Gasteiger partial charge in [-0.2, -0.15) is 0 Å². The highest BCUT2D eigenvalue weighted by molar-refractivity contribution is 7.03. The number of halogens is 2. The fourth-order valence-corrected chi connectivity index (χ4v) is 1.93. The molecule has 6 heteroatoms. The van der Waals surface area contributed by atoms with Crippen LogP contribution in [0.5, 0.6) is 0 Å². The van der Waals surface area contributed by atoms with Crippen LogP contribution in [-0.4, -0.2) is 9.59 Å². The predicted octanol–water partition coefficient (Wildman–Crippen LogP) is 2.67. The third-order valence-corrected chi connectivity index (χ3v) is 2.98. The molecule has 2 aromatic rings. The summed E-state index contributed by atoms with van der Waals surface area (Å²) in [5.41, 5.74) is 1.25. The minimum absolute atomic E-state index is 0.211. The Morgan fingerprint density at radius 2 is 2.24 bits per heavy atom. The monoisotopic (exact) mass is 255 g/mol. The normalized spacial score (nSPS) is 12.6. The van der Waals surface area contributed by atoms with Crippen molar-refractivity contribution in [1.29, 1.82) is 0 Å². The molecule has 0 saturated carbocycles. The number of aromatic nitrogens is 2. The van der Waals surface area contributed by atoms with Crippen molar-refractivity contribution in [1.82, 2.24) is 14.9 Å². The van der Waals surface area contributed by atoms with Crippen molar-refractivity contribution in [2.45, 2.75) is 19.5 Å². The second-order valence-corrected chi connectivity index (χ2v) is 4.27. The van der Waals surface area contributed by atoms with E-state index in [0.717, 1.165) is 11.8 Å². The molecule has 0 aliphatic carbocycles. The number of hydrogen-bond acceptors (Lipinski definition) is 4. The van der Waals surface area contributed by atoms with Crippen LogP contribution in [0.15, 0.2) is 23.6 Å². The number of hydrogen-bond donors (Lipinski definition) is 1. The van der Waals surface area contributed by atoms with Crippen LogP contribution in [0, 0.1) is 11.6 Å². The van der Waals surface area contributed by atoms with E-state index in [1.165, 1.54) is 23.7 Å². The van der Waals surface area contributed by atoms with E-state index in [0.29, 0.717) is 12.1 Å². The fraction of sp³-hybridized carbons (Fsp3) is 0.273. The quantitative estimate of drug-likeness (QED) is 0.912. The van der Waals surface area contributed by atoms with Gasteiger partial charge in [-0.05, 0) is 24.5 Å². The first-order chi connectivity index (χ1) is 8.16. The Kier molecular flexibility index (Phi) is 3.75. The topological polar surface area (TPSA) is 37.8 Å². The summed E-state index contributed by atoms with van der Waals surface area (Å²) >= 11 is 1.27. The predicted molar refractivity (Wildman–Crippen MR) is 61.5 cm³/mol. The Labute approximate surface area is 102 Å². The molecule has 0 aliphatic rings. The molecule has 0 aliphatic heterocycles. The molecule has 0 saturated heterocycles. The molecule has 0 fully saturated rings. The summed E-state index contributed by atoms with van der Waals surface area (Å²) in [4.78, 5) is 0. The number of nitrogens with one attached hydrogen (secondary N) is 1. The van der Waals surface area contributed by atoms with Gasteiger partial charge in [0.2, 0.25) is 0 Å². The summed E-state index contributed by atoms with van der Waals surface area (Å²) in [6.45, 7) is 2.32. The van der Waals surface area contributed by atoms with Crippen molar-refractivity contribution < 1.29 is 8.78 Å². The molecule has 1 atom stereocenters. The molecule has 17 heavy (non-hydrogen) atoms. The van der Waals surface area contributed by atoms with Crippen molar-refractivity contribution >= 4 is 11.5 Å². The van der Waals surface area contributed by atoms with Gasteiger partial charge in [-0.25, -0.2) is 8.78 Å². The Hall–Kier alpha value is -1.40. The highest BCUT2D eigenvalue weighted by Crippen LogP contribution is 2.18. The molecule has 0 spiro atoms. The molecule has 0 amide bonds. The van der Waals surface area contributed by atoms with Gasteiger partial charge in [-0.15, -0.1) is 5.10 Å². The molecular weight excluding hydrogens is 244 g/mol. The van der Waals surface area contributed by atoms with Crippen LogP contribution in [0.2, 0.25) is 0 Å². The van der Waals surface area contributed by atoms with Gasteiger partial charge in [0.15, 0.2) is 0 Å². The average molecular weight is 255 g/mol. The summed E-state index contributed by atoms with van der Waals surface area (Å²) in [5.74, 6) is -1.11. The molecule has 0 radical (unpaired) electrons. The number of benzene rings is 1. The minimum atomic E-state index is -0.567. The second kappa shape index (κ2) is 5.29. The third-order valence-electron chi connectivity index (χ3n) is 2.42. The van der Waals surface area contributed by atoms with Crippen molar-refractivity contribution in [2.75, 3.05) is 0 Å². The maximum absolute atomic E-state index is 13.5. The molecule has 90 valence electrons. The van der Waals surface area contributed by atoms with E-state index < -0.39 is 11.6 Å². The second-order valence-electron chi connectivity index (χ2n) is 3.66. The molecule has 1 heterocycles. The molecule has 2 rings (SSSR count). The lowest BCUT2D eigenvalue weighted by Gasteiger charge is -2.13. The van der Waals surface area contributed by atoms with Crippen molar-refractivity contribution in [3.8, 4) is 0 Å². The van der Waals surface area contributed by atoms with E-state index in [4.69, 9.17) is 0 Å². The first-order valence-electron chi connectivity index (χ1n) is 5.11. The van der Waals surface area contributed by atoms with Crippen LogP contribution in [-0.2, 0) is 6.54 Å². The van der Waals surface area contributed by atoms with Gasteiger partial charge < -0.3 is 5.32 Å². The average Bonchev–Trinajstić information content (AvgIpc) is 2.78. The van der Waals surface area contributed by atoms with E-state index in [1.807, 2.05) is 12.3 Å². The van der Waals surface area contributed by atoms with E-state index in [-0.39, 0.29) is 6.04 Å². The third kappa shape index (κ3) is 3.04. The zero-order valence-corrected chi connectivity index (χ0v) is 9.97. The smallest absolute Gasteiger partial charge is 0.130 e. The van der Waals surface area contributed by atoms with Gasteiger partial charge in [0.1, 0.15) is 11.6 Å². The van der Waals surface area contributed by atoms with Crippen LogP contribution < -0.4 is 5.32 Å². The first kappa shape index (κ1) is 12.1. The molecule has 0 bridgehead atoms.